The first-order valence-corrected chi connectivity index (χ1v) is 6.26. The summed E-state index contributed by atoms with van der Waals surface area (Å²) in [4.78, 5) is 6.27. The third-order valence-electron chi connectivity index (χ3n) is 2.62. The molecule has 5 heteroatoms. The molecule has 2 nitrogen and oxygen atoms in total. The second-order valence-electron chi connectivity index (χ2n) is 3.89. The fourth-order valence-electron chi connectivity index (χ4n) is 1.68. The van der Waals surface area contributed by atoms with E-state index in [1.807, 2.05) is 30.9 Å². The molecule has 0 aromatic heterocycles. The number of hydrogen-bond donors (Lipinski definition) is 0. The van der Waals surface area contributed by atoms with Crippen molar-refractivity contribution in [1.29, 1.82) is 0 Å². The summed E-state index contributed by atoms with van der Waals surface area (Å²) in [5, 5.41) is 1.63. The van der Waals surface area contributed by atoms with Gasteiger partial charge in [-0.05, 0) is 31.6 Å². The van der Waals surface area contributed by atoms with Crippen LogP contribution in [0.4, 0.5) is 5.69 Å². The molecule has 0 unspecified atom stereocenters. The summed E-state index contributed by atoms with van der Waals surface area (Å²) in [6, 6.07) is 5.55. The van der Waals surface area contributed by atoms with Gasteiger partial charge in [0.05, 0.1) is 15.7 Å². The van der Waals surface area contributed by atoms with E-state index in [9.17, 15) is 0 Å². The third kappa shape index (κ3) is 2.44. The topological polar surface area (TPSA) is 15.6 Å². The number of nitrogens with zero attached hydrogens (tertiary/aromatic N) is 2. The molecular formula is C12H11Cl3N2. The van der Waals surface area contributed by atoms with E-state index in [-0.39, 0.29) is 0 Å². The number of hydrogen-bond acceptors (Lipinski definition) is 2. The fourth-order valence-corrected chi connectivity index (χ4v) is 2.25. The molecule has 1 aliphatic rings. The Morgan fingerprint density at radius 2 is 1.88 bits per heavy atom. The van der Waals surface area contributed by atoms with Crippen LogP contribution >= 0.6 is 34.8 Å². The van der Waals surface area contributed by atoms with Crippen molar-refractivity contribution in [2.24, 2.45) is 4.99 Å². The maximum atomic E-state index is 6.20. The Morgan fingerprint density at radius 3 is 2.59 bits per heavy atom. The van der Waals surface area contributed by atoms with Crippen molar-refractivity contribution in [3.8, 4) is 0 Å². The molecule has 1 aliphatic heterocycles. The second-order valence-corrected chi connectivity index (χ2v) is 5.03. The fraction of sp³-hybridized carbons (Fsp3) is 0.250. The van der Waals surface area contributed by atoms with E-state index < -0.39 is 0 Å². The van der Waals surface area contributed by atoms with Crippen molar-refractivity contribution >= 4 is 46.3 Å². The quantitative estimate of drug-likeness (QED) is 0.684. The molecule has 0 aliphatic carbocycles. The van der Waals surface area contributed by atoms with Crippen LogP contribution in [0, 0.1) is 0 Å². The number of benzene rings is 1. The molecule has 1 heterocycles. The first kappa shape index (κ1) is 12.7. The number of halogens is 3. The highest BCUT2D eigenvalue weighted by atomic mass is 35.5. The van der Waals surface area contributed by atoms with Gasteiger partial charge in [-0.3, -0.25) is 0 Å². The van der Waals surface area contributed by atoms with E-state index in [1.165, 1.54) is 0 Å². The summed E-state index contributed by atoms with van der Waals surface area (Å²) in [6.45, 7) is 4.52. The largest absolute Gasteiger partial charge is 0.324 e. The van der Waals surface area contributed by atoms with Crippen molar-refractivity contribution in [2.45, 2.75) is 13.8 Å². The summed E-state index contributed by atoms with van der Waals surface area (Å²) in [7, 11) is 0. The van der Waals surface area contributed by atoms with Crippen LogP contribution in [-0.4, -0.2) is 12.4 Å². The molecule has 0 saturated carbocycles. The average Bonchev–Trinajstić information content (AvgIpc) is 2.28. The summed E-state index contributed by atoms with van der Waals surface area (Å²) in [5.74, 6) is 0.810. The molecule has 1 aromatic rings. The van der Waals surface area contributed by atoms with Gasteiger partial charge in [-0.1, -0.05) is 40.9 Å². The maximum absolute atomic E-state index is 6.20. The number of anilines is 1. The monoisotopic (exact) mass is 288 g/mol. The van der Waals surface area contributed by atoms with Gasteiger partial charge in [0.1, 0.15) is 11.0 Å². The van der Waals surface area contributed by atoms with Gasteiger partial charge in [0.2, 0.25) is 0 Å². The Kier molecular flexibility index (Phi) is 3.67. The SMILES string of the molecule is CC1=NC(Cl)=C(C)CN1c1cccc(Cl)c1Cl. The molecular weight excluding hydrogens is 279 g/mol. The van der Waals surface area contributed by atoms with E-state index in [2.05, 4.69) is 4.99 Å². The highest BCUT2D eigenvalue weighted by molar-refractivity contribution is 6.44. The van der Waals surface area contributed by atoms with Crippen molar-refractivity contribution < 1.29 is 0 Å². The van der Waals surface area contributed by atoms with Gasteiger partial charge in [0.15, 0.2) is 0 Å². The molecule has 90 valence electrons. The lowest BCUT2D eigenvalue weighted by Crippen LogP contribution is -2.33. The molecule has 2 rings (SSSR count). The molecule has 0 amide bonds. The van der Waals surface area contributed by atoms with Crippen LogP contribution in [0.15, 0.2) is 33.9 Å². The van der Waals surface area contributed by atoms with Gasteiger partial charge in [0.25, 0.3) is 0 Å². The lowest BCUT2D eigenvalue weighted by atomic mass is 10.2. The summed E-state index contributed by atoms with van der Waals surface area (Å²) in [6.07, 6.45) is 0. The molecule has 0 bridgehead atoms. The minimum atomic E-state index is 0.537. The zero-order valence-corrected chi connectivity index (χ0v) is 11.7. The summed E-state index contributed by atoms with van der Waals surface area (Å²) < 4.78 is 0. The summed E-state index contributed by atoms with van der Waals surface area (Å²) >= 11 is 18.2. The Balaban J connectivity index is 2.44. The minimum absolute atomic E-state index is 0.537. The number of aliphatic imine (C=N–C) groups is 1. The lowest BCUT2D eigenvalue weighted by Gasteiger charge is -2.29. The molecule has 0 radical (unpaired) electrons. The van der Waals surface area contributed by atoms with Crippen LogP contribution < -0.4 is 4.90 Å². The van der Waals surface area contributed by atoms with Crippen LogP contribution in [0.1, 0.15) is 13.8 Å². The lowest BCUT2D eigenvalue weighted by molar-refractivity contribution is 1.01. The summed E-state index contributed by atoms with van der Waals surface area (Å²) in [5.41, 5.74) is 1.86. The van der Waals surface area contributed by atoms with Crippen molar-refractivity contribution in [1.82, 2.24) is 0 Å². The molecule has 0 atom stereocenters. The third-order valence-corrected chi connectivity index (χ3v) is 3.84. The standard InChI is InChI=1S/C12H11Cl3N2/c1-7-6-17(8(2)16-12(7)15)10-5-3-4-9(13)11(10)14/h3-5H,6H2,1-2H3. The number of amidine groups is 1. The van der Waals surface area contributed by atoms with E-state index >= 15 is 0 Å². The van der Waals surface area contributed by atoms with Crippen molar-refractivity contribution in [2.75, 3.05) is 11.4 Å². The normalized spacial score (nSPS) is 16.3. The predicted octanol–water partition coefficient (Wildman–Crippen LogP) is 4.70. The van der Waals surface area contributed by atoms with E-state index in [4.69, 9.17) is 34.8 Å². The highest BCUT2D eigenvalue weighted by Gasteiger charge is 2.20. The molecule has 0 fully saturated rings. The Hall–Kier alpha value is -0.700. The van der Waals surface area contributed by atoms with Crippen LogP contribution in [0.25, 0.3) is 0 Å². The Morgan fingerprint density at radius 1 is 1.18 bits per heavy atom. The first-order chi connectivity index (χ1) is 8.00. The zero-order chi connectivity index (χ0) is 12.6. The molecule has 1 aromatic carbocycles. The highest BCUT2D eigenvalue weighted by Crippen LogP contribution is 2.34. The van der Waals surface area contributed by atoms with Gasteiger partial charge in [0, 0.05) is 6.54 Å². The zero-order valence-electron chi connectivity index (χ0n) is 9.47. The van der Waals surface area contributed by atoms with Crippen LogP contribution in [-0.2, 0) is 0 Å². The van der Waals surface area contributed by atoms with Crippen LogP contribution in [0.5, 0.6) is 0 Å². The van der Waals surface area contributed by atoms with Crippen molar-refractivity contribution in [3.05, 3.63) is 39.0 Å². The van der Waals surface area contributed by atoms with E-state index in [1.54, 1.807) is 6.07 Å². The van der Waals surface area contributed by atoms with Crippen LogP contribution in [0.2, 0.25) is 10.0 Å². The first-order valence-electron chi connectivity index (χ1n) is 5.13. The van der Waals surface area contributed by atoms with E-state index in [0.717, 1.165) is 17.1 Å². The Labute approximate surface area is 115 Å². The smallest absolute Gasteiger partial charge is 0.131 e. The molecule has 0 N–H and O–H groups in total. The van der Waals surface area contributed by atoms with Crippen LogP contribution in [0.3, 0.4) is 0 Å². The average molecular weight is 290 g/mol. The molecule has 17 heavy (non-hydrogen) atoms. The number of rotatable bonds is 1. The van der Waals surface area contributed by atoms with Gasteiger partial charge in [-0.25, -0.2) is 4.99 Å². The van der Waals surface area contributed by atoms with Gasteiger partial charge >= 0.3 is 0 Å². The van der Waals surface area contributed by atoms with Gasteiger partial charge in [-0.15, -0.1) is 0 Å². The molecule has 0 saturated heterocycles. The minimum Gasteiger partial charge on any atom is -0.324 e. The van der Waals surface area contributed by atoms with Crippen molar-refractivity contribution in [3.63, 3.8) is 0 Å². The van der Waals surface area contributed by atoms with Gasteiger partial charge in [-0.2, -0.15) is 0 Å². The maximum Gasteiger partial charge on any atom is 0.131 e. The molecule has 0 spiro atoms. The Bertz CT molecular complexity index is 520. The second kappa shape index (κ2) is 4.89. The van der Waals surface area contributed by atoms with Gasteiger partial charge < -0.3 is 4.90 Å². The van der Waals surface area contributed by atoms with E-state index in [0.29, 0.717) is 21.7 Å². The predicted molar refractivity (Wildman–Crippen MR) is 75.5 cm³/mol.